The molecule has 0 radical (unpaired) electrons. The van der Waals surface area contributed by atoms with Gasteiger partial charge in [-0.05, 0) is 23.8 Å². The van der Waals surface area contributed by atoms with Gasteiger partial charge in [0.1, 0.15) is 6.61 Å². The highest BCUT2D eigenvalue weighted by Crippen LogP contribution is 2.29. The van der Waals surface area contributed by atoms with Crippen molar-refractivity contribution in [3.63, 3.8) is 0 Å². The van der Waals surface area contributed by atoms with Crippen molar-refractivity contribution in [2.45, 2.75) is 6.61 Å². The van der Waals surface area contributed by atoms with Gasteiger partial charge >= 0.3 is 0 Å². The second kappa shape index (κ2) is 10.5. The van der Waals surface area contributed by atoms with E-state index in [-0.39, 0.29) is 5.78 Å². The van der Waals surface area contributed by atoms with E-state index in [9.17, 15) is 4.79 Å². The molecule has 0 aliphatic carbocycles. The van der Waals surface area contributed by atoms with Crippen molar-refractivity contribution in [2.24, 2.45) is 0 Å². The Morgan fingerprint density at radius 3 is 2.52 bits per heavy atom. The van der Waals surface area contributed by atoms with Gasteiger partial charge in [-0.25, -0.2) is 0 Å². The van der Waals surface area contributed by atoms with Crippen molar-refractivity contribution in [2.75, 3.05) is 39.8 Å². The van der Waals surface area contributed by atoms with Crippen molar-refractivity contribution in [3.05, 3.63) is 84.6 Å². The third-order valence-corrected chi connectivity index (χ3v) is 4.92. The lowest BCUT2D eigenvalue weighted by atomic mass is 10.1. The zero-order valence-corrected chi connectivity index (χ0v) is 16.9. The average molecular weight is 392 g/mol. The number of hydrogen-bond donors (Lipinski definition) is 0. The molecule has 5 heteroatoms. The number of carbonyl (C=O) groups is 1. The third-order valence-electron chi connectivity index (χ3n) is 4.92. The topological polar surface area (TPSA) is 42.0 Å². The zero-order valence-electron chi connectivity index (χ0n) is 16.9. The largest absolute Gasteiger partial charge is 0.493 e. The predicted molar refractivity (Wildman–Crippen MR) is 115 cm³/mol. The van der Waals surface area contributed by atoms with Gasteiger partial charge < -0.3 is 14.4 Å². The Labute approximate surface area is 172 Å². The maximum atomic E-state index is 12.6. The van der Waals surface area contributed by atoms with Crippen LogP contribution in [-0.2, 0) is 6.61 Å². The highest BCUT2D eigenvalue weighted by Gasteiger charge is 2.14. The van der Waals surface area contributed by atoms with Gasteiger partial charge in [-0.3, -0.25) is 9.69 Å². The molecule has 3 rings (SSSR count). The lowest BCUT2D eigenvalue weighted by Gasteiger charge is -2.33. The Bertz CT molecular complexity index is 840. The van der Waals surface area contributed by atoms with E-state index in [2.05, 4.69) is 16.4 Å². The Kier molecular flexibility index (Phi) is 7.47. The van der Waals surface area contributed by atoms with Crippen LogP contribution in [0.2, 0.25) is 0 Å². The standard InChI is InChI=1S/C24H28N2O3/c1-3-12-25-14-16-26(17-15-25)13-11-22(27)21-9-10-23(24(18-21)28-2)29-19-20-7-5-4-6-8-20/h3-11,13,18H,1,12,14-17,19H2,2H3. The zero-order chi connectivity index (χ0) is 20.5. The molecule has 152 valence electrons. The van der Waals surface area contributed by atoms with Crippen LogP contribution in [0.4, 0.5) is 0 Å². The lowest BCUT2D eigenvalue weighted by molar-refractivity contribution is 0.104. The van der Waals surface area contributed by atoms with Crippen molar-refractivity contribution in [3.8, 4) is 11.5 Å². The van der Waals surface area contributed by atoms with Crippen LogP contribution in [0.1, 0.15) is 15.9 Å². The Morgan fingerprint density at radius 1 is 1.07 bits per heavy atom. The smallest absolute Gasteiger partial charge is 0.187 e. The van der Waals surface area contributed by atoms with Gasteiger partial charge in [-0.1, -0.05) is 36.4 Å². The fourth-order valence-corrected chi connectivity index (χ4v) is 3.22. The summed E-state index contributed by atoms with van der Waals surface area (Å²) in [4.78, 5) is 17.1. The fraction of sp³-hybridized carbons (Fsp3) is 0.292. The Morgan fingerprint density at radius 2 is 1.83 bits per heavy atom. The molecular formula is C24H28N2O3. The van der Waals surface area contributed by atoms with Crippen LogP contribution in [0, 0.1) is 0 Å². The summed E-state index contributed by atoms with van der Waals surface area (Å²) in [5.74, 6) is 1.12. The average Bonchev–Trinajstić information content (AvgIpc) is 2.77. The predicted octanol–water partition coefficient (Wildman–Crippen LogP) is 3.77. The van der Waals surface area contributed by atoms with Crippen LogP contribution in [0.3, 0.4) is 0 Å². The summed E-state index contributed by atoms with van der Waals surface area (Å²) in [6.45, 7) is 8.92. The maximum Gasteiger partial charge on any atom is 0.187 e. The van der Waals surface area contributed by atoms with E-state index in [1.165, 1.54) is 0 Å². The van der Waals surface area contributed by atoms with Crippen molar-refractivity contribution >= 4 is 5.78 Å². The highest BCUT2D eigenvalue weighted by molar-refractivity contribution is 6.04. The summed E-state index contributed by atoms with van der Waals surface area (Å²) in [6.07, 6.45) is 5.44. The summed E-state index contributed by atoms with van der Waals surface area (Å²) in [7, 11) is 1.58. The minimum Gasteiger partial charge on any atom is -0.493 e. The quantitative estimate of drug-likeness (QED) is 0.369. The van der Waals surface area contributed by atoms with E-state index in [0.717, 1.165) is 38.3 Å². The summed E-state index contributed by atoms with van der Waals surface area (Å²) in [5.41, 5.74) is 1.65. The van der Waals surface area contributed by atoms with Gasteiger partial charge in [0.25, 0.3) is 0 Å². The summed E-state index contributed by atoms with van der Waals surface area (Å²) in [5, 5.41) is 0. The van der Waals surface area contributed by atoms with Crippen LogP contribution >= 0.6 is 0 Å². The molecule has 1 fully saturated rings. The molecule has 2 aromatic carbocycles. The van der Waals surface area contributed by atoms with Crippen molar-refractivity contribution in [1.29, 1.82) is 0 Å². The molecule has 1 heterocycles. The van der Waals surface area contributed by atoms with Crippen molar-refractivity contribution in [1.82, 2.24) is 9.80 Å². The molecule has 0 amide bonds. The molecule has 29 heavy (non-hydrogen) atoms. The maximum absolute atomic E-state index is 12.6. The molecule has 0 saturated carbocycles. The SMILES string of the molecule is C=CCN1CCN(C=CC(=O)c2ccc(OCc3ccccc3)c(OC)c2)CC1. The van der Waals surface area contributed by atoms with Crippen molar-refractivity contribution < 1.29 is 14.3 Å². The van der Waals surface area contributed by atoms with Gasteiger partial charge in [0.15, 0.2) is 17.3 Å². The molecule has 0 atom stereocenters. The monoisotopic (exact) mass is 392 g/mol. The number of hydrogen-bond acceptors (Lipinski definition) is 5. The number of piperazine rings is 1. The number of nitrogens with zero attached hydrogens (tertiary/aromatic N) is 2. The van der Waals surface area contributed by atoms with Gasteiger partial charge in [0.2, 0.25) is 0 Å². The van der Waals surface area contributed by atoms with E-state index in [1.807, 2.05) is 42.6 Å². The van der Waals surface area contributed by atoms with E-state index >= 15 is 0 Å². The van der Waals surface area contributed by atoms with Crippen LogP contribution in [-0.4, -0.2) is 55.4 Å². The molecule has 0 bridgehead atoms. The van der Waals surface area contributed by atoms with Gasteiger partial charge in [0.05, 0.1) is 7.11 Å². The summed E-state index contributed by atoms with van der Waals surface area (Å²) >= 11 is 0. The molecule has 1 aliphatic rings. The van der Waals surface area contributed by atoms with Gasteiger partial charge in [0, 0.05) is 50.6 Å². The van der Waals surface area contributed by atoms with Gasteiger partial charge in [-0.15, -0.1) is 6.58 Å². The van der Waals surface area contributed by atoms with Crippen LogP contribution in [0.25, 0.3) is 0 Å². The second-order valence-corrected chi connectivity index (χ2v) is 6.95. The first-order chi connectivity index (χ1) is 14.2. The molecule has 5 nitrogen and oxygen atoms in total. The molecular weight excluding hydrogens is 364 g/mol. The fourth-order valence-electron chi connectivity index (χ4n) is 3.22. The Balaban J connectivity index is 1.58. The molecule has 2 aromatic rings. The number of methoxy groups -OCH3 is 1. The number of benzene rings is 2. The molecule has 0 aromatic heterocycles. The molecule has 1 saturated heterocycles. The first kappa shape index (κ1) is 20.7. The molecule has 1 aliphatic heterocycles. The van der Waals surface area contributed by atoms with Crippen LogP contribution in [0.15, 0.2) is 73.5 Å². The molecule has 0 N–H and O–H groups in total. The Hall–Kier alpha value is -3.05. The lowest BCUT2D eigenvalue weighted by Crippen LogP contribution is -2.43. The second-order valence-electron chi connectivity index (χ2n) is 6.95. The third kappa shape index (κ3) is 5.96. The molecule has 0 spiro atoms. The first-order valence-electron chi connectivity index (χ1n) is 9.84. The normalized spacial score (nSPS) is 14.7. The number of ether oxygens (including phenoxy) is 2. The minimum atomic E-state index is -0.0496. The number of allylic oxidation sites excluding steroid dienone is 1. The number of rotatable bonds is 9. The number of ketones is 1. The van der Waals surface area contributed by atoms with E-state index < -0.39 is 0 Å². The molecule has 0 unspecified atom stereocenters. The first-order valence-corrected chi connectivity index (χ1v) is 9.84. The highest BCUT2D eigenvalue weighted by atomic mass is 16.5. The van der Waals surface area contributed by atoms with E-state index in [4.69, 9.17) is 9.47 Å². The number of carbonyl (C=O) groups excluding carboxylic acids is 1. The summed E-state index contributed by atoms with van der Waals surface area (Å²) < 4.78 is 11.3. The minimum absolute atomic E-state index is 0.0496. The van der Waals surface area contributed by atoms with Crippen LogP contribution < -0.4 is 9.47 Å². The van der Waals surface area contributed by atoms with E-state index in [1.54, 1.807) is 31.4 Å². The summed E-state index contributed by atoms with van der Waals surface area (Å²) in [6, 6.07) is 15.2. The van der Waals surface area contributed by atoms with Crippen LogP contribution in [0.5, 0.6) is 11.5 Å². The van der Waals surface area contributed by atoms with Gasteiger partial charge in [-0.2, -0.15) is 0 Å². The van der Waals surface area contributed by atoms with E-state index in [0.29, 0.717) is 23.7 Å².